The number of nitro groups is 1. The molecule has 0 radical (unpaired) electrons. The van der Waals surface area contributed by atoms with Crippen LogP contribution in [0.25, 0.3) is 22.2 Å². The number of hydrogen-bond donors (Lipinski definition) is 2. The minimum atomic E-state index is -0.643. The number of benzene rings is 2. The second kappa shape index (κ2) is 4.05. The van der Waals surface area contributed by atoms with Gasteiger partial charge in [0.2, 0.25) is 5.75 Å². The third-order valence-corrected chi connectivity index (χ3v) is 2.82. The maximum absolute atomic E-state index is 11.0. The van der Waals surface area contributed by atoms with Crippen LogP contribution in [0.1, 0.15) is 0 Å². The number of nitrogens with zero attached hydrogens (tertiary/aromatic N) is 3. The van der Waals surface area contributed by atoms with Gasteiger partial charge in [-0.05, 0) is 5.56 Å². The monoisotopic (exact) mass is 256 g/mol. The molecule has 2 N–H and O–H groups in total. The van der Waals surface area contributed by atoms with Crippen LogP contribution in [0, 0.1) is 10.1 Å². The number of phenols is 1. The smallest absolute Gasteiger partial charge is 0.313 e. The van der Waals surface area contributed by atoms with Crippen LogP contribution < -0.4 is 0 Å². The molecular weight excluding hydrogens is 248 g/mol. The van der Waals surface area contributed by atoms with E-state index < -0.39 is 10.7 Å². The molecule has 94 valence electrons. The fourth-order valence-corrected chi connectivity index (χ4v) is 1.98. The summed E-state index contributed by atoms with van der Waals surface area (Å²) in [7, 11) is 0. The Labute approximate surface area is 106 Å². The Kier molecular flexibility index (Phi) is 2.38. The Balaban J connectivity index is 2.42. The van der Waals surface area contributed by atoms with E-state index in [4.69, 9.17) is 0 Å². The molecule has 7 heteroatoms. The van der Waals surface area contributed by atoms with E-state index in [0.29, 0.717) is 22.2 Å². The zero-order valence-electron chi connectivity index (χ0n) is 9.57. The lowest BCUT2D eigenvalue weighted by atomic mass is 10.0. The Morgan fingerprint density at radius 3 is 2.63 bits per heavy atom. The third kappa shape index (κ3) is 1.68. The number of aromatic amines is 1. The molecule has 0 aliphatic rings. The Morgan fingerprint density at radius 2 is 1.95 bits per heavy atom. The van der Waals surface area contributed by atoms with Crippen LogP contribution in [-0.2, 0) is 0 Å². The molecule has 0 atom stereocenters. The van der Waals surface area contributed by atoms with Crippen molar-refractivity contribution in [3.05, 3.63) is 46.5 Å². The fraction of sp³-hybridized carbons (Fsp3) is 0. The summed E-state index contributed by atoms with van der Waals surface area (Å²) >= 11 is 0. The molecule has 0 bridgehead atoms. The van der Waals surface area contributed by atoms with E-state index in [1.54, 1.807) is 24.3 Å². The number of nitro benzene ring substituents is 1. The van der Waals surface area contributed by atoms with Crippen molar-refractivity contribution in [3.8, 4) is 16.9 Å². The average Bonchev–Trinajstić information content (AvgIpc) is 2.86. The van der Waals surface area contributed by atoms with Gasteiger partial charge < -0.3 is 5.11 Å². The first-order valence-corrected chi connectivity index (χ1v) is 5.44. The first-order valence-electron chi connectivity index (χ1n) is 5.44. The molecule has 2 aromatic carbocycles. The van der Waals surface area contributed by atoms with Crippen LogP contribution >= 0.6 is 0 Å². The molecule has 3 rings (SSSR count). The van der Waals surface area contributed by atoms with Crippen LogP contribution in [0.3, 0.4) is 0 Å². The number of fused-ring (bicyclic) bond motifs is 1. The van der Waals surface area contributed by atoms with E-state index >= 15 is 0 Å². The summed E-state index contributed by atoms with van der Waals surface area (Å²) in [6.07, 6.45) is 0. The van der Waals surface area contributed by atoms with E-state index in [0.717, 1.165) is 0 Å². The summed E-state index contributed by atoms with van der Waals surface area (Å²) in [6.45, 7) is 0. The predicted octanol–water partition coefficient (Wildman–Crippen LogP) is 2.24. The maximum Gasteiger partial charge on any atom is 0.313 e. The van der Waals surface area contributed by atoms with E-state index in [-0.39, 0.29) is 5.69 Å². The lowest BCUT2D eigenvalue weighted by Crippen LogP contribution is -1.92. The molecule has 0 amide bonds. The van der Waals surface area contributed by atoms with Crippen molar-refractivity contribution in [2.24, 2.45) is 0 Å². The van der Waals surface area contributed by atoms with Crippen LogP contribution in [0.4, 0.5) is 5.69 Å². The van der Waals surface area contributed by atoms with Gasteiger partial charge >= 0.3 is 5.69 Å². The second-order valence-corrected chi connectivity index (χ2v) is 3.93. The minimum Gasteiger partial charge on any atom is -0.502 e. The van der Waals surface area contributed by atoms with Gasteiger partial charge in [0.25, 0.3) is 0 Å². The van der Waals surface area contributed by atoms with Gasteiger partial charge in [0.15, 0.2) is 0 Å². The largest absolute Gasteiger partial charge is 0.502 e. The number of H-pyrrole nitrogens is 1. The molecule has 0 aliphatic carbocycles. The van der Waals surface area contributed by atoms with Gasteiger partial charge in [0, 0.05) is 6.07 Å². The number of phenolic OH excluding ortho intramolecular Hbond substituents is 1. The molecule has 0 unspecified atom stereocenters. The molecular formula is C12H8N4O3. The van der Waals surface area contributed by atoms with Crippen molar-refractivity contribution in [1.82, 2.24) is 15.4 Å². The Hall–Kier alpha value is -2.96. The van der Waals surface area contributed by atoms with Gasteiger partial charge in [-0.2, -0.15) is 15.4 Å². The molecule has 7 nitrogen and oxygen atoms in total. The Morgan fingerprint density at radius 1 is 1.21 bits per heavy atom. The van der Waals surface area contributed by atoms with Gasteiger partial charge in [0.1, 0.15) is 11.0 Å². The average molecular weight is 256 g/mol. The van der Waals surface area contributed by atoms with Gasteiger partial charge in [-0.15, -0.1) is 0 Å². The van der Waals surface area contributed by atoms with Gasteiger partial charge in [-0.1, -0.05) is 30.3 Å². The van der Waals surface area contributed by atoms with E-state index in [1.807, 2.05) is 6.07 Å². The first kappa shape index (κ1) is 11.1. The molecule has 19 heavy (non-hydrogen) atoms. The van der Waals surface area contributed by atoms with Gasteiger partial charge in [-0.25, -0.2) is 0 Å². The zero-order chi connectivity index (χ0) is 13.4. The Bertz CT molecular complexity index is 767. The molecule has 0 fully saturated rings. The van der Waals surface area contributed by atoms with Crippen molar-refractivity contribution >= 4 is 16.7 Å². The topological polar surface area (TPSA) is 105 Å². The van der Waals surface area contributed by atoms with Crippen LogP contribution in [0.15, 0.2) is 36.4 Å². The zero-order valence-corrected chi connectivity index (χ0v) is 9.57. The van der Waals surface area contributed by atoms with Gasteiger partial charge in [-0.3, -0.25) is 10.1 Å². The number of hydrogen-bond acceptors (Lipinski definition) is 5. The van der Waals surface area contributed by atoms with E-state index in [2.05, 4.69) is 15.4 Å². The highest BCUT2D eigenvalue weighted by atomic mass is 16.6. The fourth-order valence-electron chi connectivity index (χ4n) is 1.98. The normalized spacial score (nSPS) is 10.7. The molecule has 0 saturated carbocycles. The molecule has 1 aromatic heterocycles. The highest BCUT2D eigenvalue weighted by Gasteiger charge is 2.23. The minimum absolute atomic E-state index is 0.304. The lowest BCUT2D eigenvalue weighted by molar-refractivity contribution is -0.385. The summed E-state index contributed by atoms with van der Waals surface area (Å²) in [5.74, 6) is -0.405. The van der Waals surface area contributed by atoms with Crippen molar-refractivity contribution in [2.45, 2.75) is 0 Å². The van der Waals surface area contributed by atoms with Crippen molar-refractivity contribution in [2.75, 3.05) is 0 Å². The quantitative estimate of drug-likeness (QED) is 0.540. The van der Waals surface area contributed by atoms with Crippen molar-refractivity contribution in [1.29, 1.82) is 0 Å². The summed E-state index contributed by atoms with van der Waals surface area (Å²) in [5, 5.41) is 31.2. The summed E-state index contributed by atoms with van der Waals surface area (Å²) < 4.78 is 0. The van der Waals surface area contributed by atoms with Crippen LogP contribution in [0.5, 0.6) is 5.75 Å². The summed E-state index contributed by atoms with van der Waals surface area (Å²) in [5.41, 5.74) is 1.29. The highest BCUT2D eigenvalue weighted by Crippen LogP contribution is 2.41. The predicted molar refractivity (Wildman–Crippen MR) is 67.6 cm³/mol. The molecule has 1 heterocycles. The third-order valence-electron chi connectivity index (χ3n) is 2.82. The van der Waals surface area contributed by atoms with Crippen LogP contribution in [-0.4, -0.2) is 25.4 Å². The molecule has 0 saturated heterocycles. The highest BCUT2D eigenvalue weighted by molar-refractivity contribution is 5.97. The second-order valence-electron chi connectivity index (χ2n) is 3.93. The van der Waals surface area contributed by atoms with Crippen LogP contribution in [0.2, 0.25) is 0 Å². The molecule has 0 spiro atoms. The standard InChI is InChI=1S/C12H8N4O3/c17-12-9(16(18)19)6-8-11(14-15-13-8)10(12)7-4-2-1-3-5-7/h1-6,17H,(H,13,14,15). The van der Waals surface area contributed by atoms with Crippen molar-refractivity contribution in [3.63, 3.8) is 0 Å². The van der Waals surface area contributed by atoms with E-state index in [1.165, 1.54) is 6.07 Å². The number of aromatic hydroxyl groups is 1. The van der Waals surface area contributed by atoms with Gasteiger partial charge in [0.05, 0.1) is 10.5 Å². The molecule has 0 aliphatic heterocycles. The van der Waals surface area contributed by atoms with E-state index in [9.17, 15) is 15.2 Å². The molecule has 3 aromatic rings. The van der Waals surface area contributed by atoms with Crippen molar-refractivity contribution < 1.29 is 10.0 Å². The maximum atomic E-state index is 11.0. The number of nitrogens with one attached hydrogen (secondary N) is 1. The lowest BCUT2D eigenvalue weighted by Gasteiger charge is -2.05. The SMILES string of the molecule is O=[N+]([O-])c1cc2n[nH]nc2c(-c2ccccc2)c1O. The number of rotatable bonds is 2. The summed E-state index contributed by atoms with van der Waals surface area (Å²) in [4.78, 5) is 10.3. The first-order chi connectivity index (χ1) is 9.18. The number of aromatic nitrogens is 3. The summed E-state index contributed by atoms with van der Waals surface area (Å²) in [6, 6.07) is 10.1.